The third-order valence-electron chi connectivity index (χ3n) is 3.54. The Morgan fingerprint density at radius 1 is 1.05 bits per heavy atom. The monoisotopic (exact) mass is 377 g/mol. The van der Waals surface area contributed by atoms with Crippen LogP contribution < -0.4 is 0 Å². The maximum atomic E-state index is 12.7. The van der Waals surface area contributed by atoms with Gasteiger partial charge in [0.05, 0.1) is 0 Å². The Bertz CT molecular complexity index is 590. The number of nitrogens with zero attached hydrogens (tertiary/aromatic N) is 1. The highest BCUT2D eigenvalue weighted by Crippen LogP contribution is 2.29. The number of amides is 1. The molecule has 1 aliphatic carbocycles. The maximum absolute atomic E-state index is 12.7. The summed E-state index contributed by atoms with van der Waals surface area (Å²) in [6.07, 6.45) is 2.26. The van der Waals surface area contributed by atoms with Gasteiger partial charge in [0, 0.05) is 21.7 Å². The molecule has 0 N–H and O–H groups in total. The van der Waals surface area contributed by atoms with E-state index in [2.05, 4.69) is 34.7 Å². The van der Waals surface area contributed by atoms with Gasteiger partial charge in [-0.2, -0.15) is 0 Å². The van der Waals surface area contributed by atoms with E-state index < -0.39 is 0 Å². The maximum Gasteiger partial charge on any atom is 0.254 e. The van der Waals surface area contributed by atoms with Gasteiger partial charge in [0.25, 0.3) is 5.91 Å². The molecule has 0 atom stereocenters. The van der Waals surface area contributed by atoms with Crippen LogP contribution in [0.25, 0.3) is 0 Å². The first kappa shape index (κ1) is 13.6. The van der Waals surface area contributed by atoms with Gasteiger partial charge in [-0.1, -0.05) is 30.3 Å². The molecule has 2 aromatic rings. The van der Waals surface area contributed by atoms with E-state index >= 15 is 0 Å². The van der Waals surface area contributed by atoms with Gasteiger partial charge >= 0.3 is 0 Å². The van der Waals surface area contributed by atoms with Crippen molar-refractivity contribution in [2.45, 2.75) is 25.4 Å². The van der Waals surface area contributed by atoms with Gasteiger partial charge in [-0.3, -0.25) is 4.79 Å². The number of carbonyl (C=O) groups is 1. The number of hydrogen-bond acceptors (Lipinski definition) is 1. The fraction of sp³-hybridized carbons (Fsp3) is 0.235. The second-order valence-electron chi connectivity index (χ2n) is 5.16. The predicted molar refractivity (Wildman–Crippen MR) is 88.5 cm³/mol. The molecule has 0 aromatic heterocycles. The lowest BCUT2D eigenvalue weighted by Crippen LogP contribution is -2.32. The van der Waals surface area contributed by atoms with Crippen LogP contribution in [-0.4, -0.2) is 16.8 Å². The summed E-state index contributed by atoms with van der Waals surface area (Å²) in [5.41, 5.74) is 1.98. The molecular weight excluding hydrogens is 361 g/mol. The third-order valence-corrected chi connectivity index (χ3v) is 4.25. The van der Waals surface area contributed by atoms with E-state index in [1.807, 2.05) is 47.4 Å². The molecule has 102 valence electrons. The van der Waals surface area contributed by atoms with Crippen LogP contribution in [0.5, 0.6) is 0 Å². The van der Waals surface area contributed by atoms with Gasteiger partial charge in [0.1, 0.15) is 0 Å². The molecule has 0 heterocycles. The Labute approximate surface area is 132 Å². The smallest absolute Gasteiger partial charge is 0.254 e. The van der Waals surface area contributed by atoms with Crippen LogP contribution in [-0.2, 0) is 6.54 Å². The molecule has 2 aromatic carbocycles. The van der Waals surface area contributed by atoms with Gasteiger partial charge in [0.15, 0.2) is 0 Å². The molecule has 1 amide bonds. The Hall–Kier alpha value is -1.36. The highest BCUT2D eigenvalue weighted by atomic mass is 127. The lowest BCUT2D eigenvalue weighted by Gasteiger charge is -2.22. The standard InChI is InChI=1S/C17H16INO/c18-15-8-6-14(7-9-15)17(20)19(16-10-11-16)12-13-4-2-1-3-5-13/h1-9,16H,10-12H2. The van der Waals surface area contributed by atoms with Crippen LogP contribution in [0.15, 0.2) is 54.6 Å². The van der Waals surface area contributed by atoms with E-state index in [0.29, 0.717) is 12.6 Å². The van der Waals surface area contributed by atoms with Crippen molar-refractivity contribution in [1.82, 2.24) is 4.90 Å². The summed E-state index contributed by atoms with van der Waals surface area (Å²) >= 11 is 2.26. The SMILES string of the molecule is O=C(c1ccc(I)cc1)N(Cc1ccccc1)C1CC1. The molecule has 3 heteroatoms. The van der Waals surface area contributed by atoms with Crippen molar-refractivity contribution in [3.63, 3.8) is 0 Å². The van der Waals surface area contributed by atoms with Gasteiger partial charge in [0.2, 0.25) is 0 Å². The molecule has 2 nitrogen and oxygen atoms in total. The first-order valence-corrected chi connectivity index (χ1v) is 7.92. The zero-order chi connectivity index (χ0) is 13.9. The summed E-state index contributed by atoms with van der Waals surface area (Å²) in [5, 5.41) is 0. The van der Waals surface area contributed by atoms with E-state index in [1.54, 1.807) is 0 Å². The van der Waals surface area contributed by atoms with Crippen LogP contribution in [0, 0.1) is 3.57 Å². The van der Waals surface area contributed by atoms with E-state index in [4.69, 9.17) is 0 Å². The molecule has 0 saturated heterocycles. The average molecular weight is 377 g/mol. The first-order valence-electron chi connectivity index (χ1n) is 6.84. The van der Waals surface area contributed by atoms with Crippen molar-refractivity contribution < 1.29 is 4.79 Å². The number of rotatable bonds is 4. The van der Waals surface area contributed by atoms with E-state index in [9.17, 15) is 4.79 Å². The van der Waals surface area contributed by atoms with Crippen molar-refractivity contribution in [1.29, 1.82) is 0 Å². The van der Waals surface area contributed by atoms with E-state index in [1.165, 1.54) is 5.56 Å². The normalized spacial score (nSPS) is 14.1. The third kappa shape index (κ3) is 3.20. The van der Waals surface area contributed by atoms with Crippen LogP contribution in [0.2, 0.25) is 0 Å². The molecule has 3 rings (SSSR count). The molecule has 0 bridgehead atoms. The molecular formula is C17H16INO. The lowest BCUT2D eigenvalue weighted by atomic mass is 10.1. The van der Waals surface area contributed by atoms with E-state index in [0.717, 1.165) is 22.0 Å². The van der Waals surface area contributed by atoms with Gasteiger partial charge < -0.3 is 4.90 Å². The fourth-order valence-electron chi connectivity index (χ4n) is 2.29. The van der Waals surface area contributed by atoms with Gasteiger partial charge in [-0.05, 0) is 65.3 Å². The first-order chi connectivity index (χ1) is 9.74. The largest absolute Gasteiger partial charge is 0.331 e. The number of halogens is 1. The van der Waals surface area contributed by atoms with Crippen LogP contribution in [0.3, 0.4) is 0 Å². The highest BCUT2D eigenvalue weighted by Gasteiger charge is 2.32. The molecule has 1 aliphatic rings. The van der Waals surface area contributed by atoms with Crippen molar-refractivity contribution in [2.24, 2.45) is 0 Å². The Morgan fingerprint density at radius 2 is 1.70 bits per heavy atom. The second kappa shape index (κ2) is 5.95. The fourth-order valence-corrected chi connectivity index (χ4v) is 2.65. The topological polar surface area (TPSA) is 20.3 Å². The molecule has 0 aliphatic heterocycles. The molecule has 1 fully saturated rings. The summed E-state index contributed by atoms with van der Waals surface area (Å²) in [4.78, 5) is 14.7. The van der Waals surface area contributed by atoms with Crippen molar-refractivity contribution in [3.8, 4) is 0 Å². The summed E-state index contributed by atoms with van der Waals surface area (Å²) in [6, 6.07) is 18.4. The Kier molecular flexibility index (Phi) is 4.05. The zero-order valence-electron chi connectivity index (χ0n) is 11.1. The van der Waals surface area contributed by atoms with E-state index in [-0.39, 0.29) is 5.91 Å². The predicted octanol–water partition coefficient (Wildman–Crippen LogP) is 4.10. The van der Waals surface area contributed by atoms with Crippen molar-refractivity contribution in [3.05, 3.63) is 69.3 Å². The summed E-state index contributed by atoms with van der Waals surface area (Å²) in [7, 11) is 0. The lowest BCUT2D eigenvalue weighted by molar-refractivity contribution is 0.0730. The molecule has 1 saturated carbocycles. The van der Waals surface area contributed by atoms with Gasteiger partial charge in [-0.15, -0.1) is 0 Å². The Morgan fingerprint density at radius 3 is 2.30 bits per heavy atom. The summed E-state index contributed by atoms with van der Waals surface area (Å²) in [6.45, 7) is 0.705. The number of benzene rings is 2. The zero-order valence-corrected chi connectivity index (χ0v) is 13.3. The summed E-state index contributed by atoms with van der Waals surface area (Å²) < 4.78 is 1.15. The quantitative estimate of drug-likeness (QED) is 0.735. The summed E-state index contributed by atoms with van der Waals surface area (Å²) in [5.74, 6) is 0.146. The average Bonchev–Trinajstić information content (AvgIpc) is 3.30. The number of carbonyl (C=O) groups excluding carboxylic acids is 1. The minimum absolute atomic E-state index is 0.146. The van der Waals surface area contributed by atoms with Gasteiger partial charge in [-0.25, -0.2) is 0 Å². The molecule has 0 radical (unpaired) electrons. The van der Waals surface area contributed by atoms with Crippen LogP contribution in [0.1, 0.15) is 28.8 Å². The number of hydrogen-bond donors (Lipinski definition) is 0. The molecule has 20 heavy (non-hydrogen) atoms. The second-order valence-corrected chi connectivity index (χ2v) is 6.40. The highest BCUT2D eigenvalue weighted by molar-refractivity contribution is 14.1. The molecule has 0 unspecified atom stereocenters. The molecule has 0 spiro atoms. The Balaban J connectivity index is 1.80. The van der Waals surface area contributed by atoms with Crippen LogP contribution >= 0.6 is 22.6 Å². The van der Waals surface area contributed by atoms with Crippen LogP contribution in [0.4, 0.5) is 0 Å². The van der Waals surface area contributed by atoms with Crippen molar-refractivity contribution >= 4 is 28.5 Å². The minimum Gasteiger partial charge on any atom is -0.331 e. The van der Waals surface area contributed by atoms with Crippen molar-refractivity contribution in [2.75, 3.05) is 0 Å². The minimum atomic E-state index is 0.146.